The third kappa shape index (κ3) is 2.53. The average molecular weight is 258 g/mol. The number of hydrogen-bond acceptors (Lipinski definition) is 6. The van der Waals surface area contributed by atoms with Crippen molar-refractivity contribution in [1.82, 2.24) is 25.4 Å². The fourth-order valence-corrected chi connectivity index (χ4v) is 1.92. The van der Waals surface area contributed by atoms with Gasteiger partial charge in [0.25, 0.3) is 10.0 Å². The van der Waals surface area contributed by atoms with Gasteiger partial charge in [-0.3, -0.25) is 5.10 Å². The third-order valence-electron chi connectivity index (χ3n) is 1.75. The first-order valence-electron chi connectivity index (χ1n) is 4.68. The van der Waals surface area contributed by atoms with Crippen LogP contribution in [0.15, 0.2) is 17.3 Å². The van der Waals surface area contributed by atoms with Crippen LogP contribution < -0.4 is 9.46 Å². The van der Waals surface area contributed by atoms with Gasteiger partial charge in [-0.15, -0.1) is 5.10 Å². The van der Waals surface area contributed by atoms with Gasteiger partial charge in [-0.2, -0.15) is 10.1 Å². The summed E-state index contributed by atoms with van der Waals surface area (Å²) < 4.78 is 30.6. The van der Waals surface area contributed by atoms with E-state index in [2.05, 4.69) is 30.1 Å². The number of anilines is 1. The van der Waals surface area contributed by atoms with Crippen molar-refractivity contribution in [2.24, 2.45) is 0 Å². The molecular formula is C7H10N6O3S. The quantitative estimate of drug-likeness (QED) is 0.677. The van der Waals surface area contributed by atoms with Crippen molar-refractivity contribution in [2.45, 2.75) is 11.8 Å². The molecule has 0 spiro atoms. The lowest BCUT2D eigenvalue weighted by Crippen LogP contribution is -2.13. The van der Waals surface area contributed by atoms with Gasteiger partial charge < -0.3 is 4.74 Å². The normalized spacial score (nSPS) is 11.4. The highest BCUT2D eigenvalue weighted by molar-refractivity contribution is 7.92. The summed E-state index contributed by atoms with van der Waals surface area (Å²) in [5, 5.41) is 12.0. The molecule has 2 heterocycles. The lowest BCUT2D eigenvalue weighted by atomic mass is 10.7. The maximum atomic E-state index is 11.7. The largest absolute Gasteiger partial charge is 0.463 e. The van der Waals surface area contributed by atoms with Crippen LogP contribution in [0.25, 0.3) is 0 Å². The van der Waals surface area contributed by atoms with E-state index in [0.29, 0.717) is 6.61 Å². The maximum Gasteiger partial charge on any atom is 0.337 e. The van der Waals surface area contributed by atoms with Gasteiger partial charge in [0.1, 0.15) is 4.90 Å². The minimum Gasteiger partial charge on any atom is -0.463 e. The second-order valence-corrected chi connectivity index (χ2v) is 4.62. The summed E-state index contributed by atoms with van der Waals surface area (Å²) in [5.41, 5.74) is 0. The van der Waals surface area contributed by atoms with E-state index in [4.69, 9.17) is 4.74 Å². The van der Waals surface area contributed by atoms with Gasteiger partial charge >= 0.3 is 6.01 Å². The molecule has 0 aliphatic carbocycles. The van der Waals surface area contributed by atoms with Crippen molar-refractivity contribution in [3.63, 3.8) is 0 Å². The van der Waals surface area contributed by atoms with Crippen LogP contribution in [0.5, 0.6) is 6.01 Å². The van der Waals surface area contributed by atoms with E-state index >= 15 is 0 Å². The number of sulfonamides is 1. The molecule has 0 unspecified atom stereocenters. The Bertz CT molecular complexity index is 575. The Hall–Kier alpha value is -2.10. The van der Waals surface area contributed by atoms with Gasteiger partial charge in [0.2, 0.25) is 5.95 Å². The van der Waals surface area contributed by atoms with Gasteiger partial charge in [-0.25, -0.2) is 18.2 Å². The van der Waals surface area contributed by atoms with Crippen molar-refractivity contribution >= 4 is 16.0 Å². The predicted molar refractivity (Wildman–Crippen MR) is 56.9 cm³/mol. The Morgan fingerprint density at radius 1 is 1.53 bits per heavy atom. The van der Waals surface area contributed by atoms with Gasteiger partial charge in [0.15, 0.2) is 0 Å². The van der Waals surface area contributed by atoms with Crippen LogP contribution in [0, 0.1) is 0 Å². The van der Waals surface area contributed by atoms with Gasteiger partial charge in [-0.1, -0.05) is 0 Å². The van der Waals surface area contributed by atoms with E-state index in [1.54, 1.807) is 6.92 Å². The van der Waals surface area contributed by atoms with Crippen LogP contribution in [0.2, 0.25) is 0 Å². The zero-order chi connectivity index (χ0) is 12.3. The zero-order valence-corrected chi connectivity index (χ0v) is 9.65. The second kappa shape index (κ2) is 4.41. The molecule has 0 amide bonds. The van der Waals surface area contributed by atoms with Crippen LogP contribution in [0.3, 0.4) is 0 Å². The van der Waals surface area contributed by atoms with Gasteiger partial charge in [-0.05, 0) is 6.92 Å². The number of nitrogens with zero attached hydrogens (tertiary/aromatic N) is 3. The number of aromatic nitrogens is 5. The number of H-pyrrole nitrogens is 2. The molecule has 0 atom stereocenters. The van der Waals surface area contributed by atoms with E-state index < -0.39 is 10.0 Å². The minimum absolute atomic E-state index is 0.00635. The van der Waals surface area contributed by atoms with Crippen LogP contribution in [-0.4, -0.2) is 40.4 Å². The number of aromatic amines is 2. The monoisotopic (exact) mass is 258 g/mol. The molecule has 10 heteroatoms. The number of rotatable bonds is 5. The molecule has 0 bridgehead atoms. The highest BCUT2D eigenvalue weighted by Gasteiger charge is 2.17. The Kier molecular flexibility index (Phi) is 2.95. The molecule has 0 radical (unpaired) electrons. The number of nitrogens with one attached hydrogen (secondary N) is 3. The number of hydrogen-bond donors (Lipinski definition) is 3. The summed E-state index contributed by atoms with van der Waals surface area (Å²) in [4.78, 5) is 3.79. The summed E-state index contributed by atoms with van der Waals surface area (Å²) in [6.07, 6.45) is 2.43. The lowest BCUT2D eigenvalue weighted by molar-refractivity contribution is 0.314. The molecule has 0 saturated carbocycles. The predicted octanol–water partition coefficient (Wildman–Crippen LogP) is -0.273. The Balaban J connectivity index is 2.15. The molecule has 9 nitrogen and oxygen atoms in total. The van der Waals surface area contributed by atoms with Crippen LogP contribution in [-0.2, 0) is 10.0 Å². The summed E-state index contributed by atoms with van der Waals surface area (Å²) in [7, 11) is -3.70. The molecule has 0 aliphatic rings. The molecule has 17 heavy (non-hydrogen) atoms. The fraction of sp³-hybridized carbons (Fsp3) is 0.286. The van der Waals surface area contributed by atoms with Gasteiger partial charge in [0, 0.05) is 6.20 Å². The van der Waals surface area contributed by atoms with Crippen molar-refractivity contribution < 1.29 is 13.2 Å². The van der Waals surface area contributed by atoms with E-state index in [9.17, 15) is 8.42 Å². The van der Waals surface area contributed by atoms with E-state index in [1.165, 1.54) is 12.4 Å². The molecule has 0 fully saturated rings. The molecule has 2 aromatic heterocycles. The Labute approximate surface area is 96.7 Å². The van der Waals surface area contributed by atoms with Crippen LogP contribution in [0.4, 0.5) is 5.95 Å². The van der Waals surface area contributed by atoms with Crippen molar-refractivity contribution in [2.75, 3.05) is 11.3 Å². The summed E-state index contributed by atoms with van der Waals surface area (Å²) in [6.45, 7) is 2.16. The first-order chi connectivity index (χ1) is 8.12. The van der Waals surface area contributed by atoms with Gasteiger partial charge in [0.05, 0.1) is 12.8 Å². The summed E-state index contributed by atoms with van der Waals surface area (Å²) in [5.74, 6) is -0.0188. The molecule has 0 aliphatic heterocycles. The molecule has 0 saturated heterocycles. The number of ether oxygens (including phenoxy) is 1. The van der Waals surface area contributed by atoms with Crippen molar-refractivity contribution in [3.8, 4) is 6.01 Å². The summed E-state index contributed by atoms with van der Waals surface area (Å²) in [6, 6.07) is 0.0809. The third-order valence-corrected chi connectivity index (χ3v) is 3.06. The highest BCUT2D eigenvalue weighted by Crippen LogP contribution is 2.12. The van der Waals surface area contributed by atoms with Crippen LogP contribution in [0.1, 0.15) is 6.92 Å². The molecule has 3 N–H and O–H groups in total. The topological polar surface area (TPSA) is 126 Å². The molecule has 92 valence electrons. The fourth-order valence-electron chi connectivity index (χ4n) is 1.06. The summed E-state index contributed by atoms with van der Waals surface area (Å²) >= 11 is 0. The SMILES string of the molecule is CCOc1n[nH]c(NS(=O)(=O)c2cn[nH]c2)n1. The second-order valence-electron chi connectivity index (χ2n) is 2.94. The zero-order valence-electron chi connectivity index (χ0n) is 8.84. The van der Waals surface area contributed by atoms with Crippen LogP contribution >= 0.6 is 0 Å². The standard InChI is InChI=1S/C7H10N6O3S/c1-2-16-7-10-6(11-12-7)13-17(14,15)5-3-8-9-4-5/h3-4H,2H2,1H3,(H,8,9)(H2,10,11,12,13). The van der Waals surface area contributed by atoms with Crippen molar-refractivity contribution in [3.05, 3.63) is 12.4 Å². The van der Waals surface area contributed by atoms with E-state index in [0.717, 1.165) is 0 Å². The Morgan fingerprint density at radius 3 is 3.00 bits per heavy atom. The van der Waals surface area contributed by atoms with Crippen molar-refractivity contribution in [1.29, 1.82) is 0 Å². The average Bonchev–Trinajstić information content (AvgIpc) is 2.88. The minimum atomic E-state index is -3.70. The molecule has 2 rings (SSSR count). The highest BCUT2D eigenvalue weighted by atomic mass is 32.2. The maximum absolute atomic E-state index is 11.7. The van der Waals surface area contributed by atoms with E-state index in [1.807, 2.05) is 0 Å². The first-order valence-corrected chi connectivity index (χ1v) is 6.17. The molecule has 0 aromatic carbocycles. The smallest absolute Gasteiger partial charge is 0.337 e. The molecule has 2 aromatic rings. The lowest BCUT2D eigenvalue weighted by Gasteiger charge is -2.00. The molecular weight excluding hydrogens is 248 g/mol. The van der Waals surface area contributed by atoms with E-state index in [-0.39, 0.29) is 16.9 Å². The Morgan fingerprint density at radius 2 is 2.35 bits per heavy atom. The first kappa shape index (κ1) is 11.4.